The lowest BCUT2D eigenvalue weighted by Gasteiger charge is -2.36. The molecule has 1 unspecified atom stereocenters. The van der Waals surface area contributed by atoms with Gasteiger partial charge in [-0.3, -0.25) is 9.78 Å². The Hall–Kier alpha value is -2.54. The molecule has 1 N–H and O–H groups in total. The first-order chi connectivity index (χ1) is 12.0. The van der Waals surface area contributed by atoms with E-state index in [0.29, 0.717) is 31.7 Å². The van der Waals surface area contributed by atoms with Crippen molar-refractivity contribution in [1.29, 1.82) is 0 Å². The Kier molecular flexibility index (Phi) is 4.94. The number of piperazine rings is 1. The maximum atomic E-state index is 13.0. The first-order valence-electron chi connectivity index (χ1n) is 8.23. The minimum atomic E-state index is -1.27. The first kappa shape index (κ1) is 17.3. The second-order valence-corrected chi connectivity index (χ2v) is 6.19. The van der Waals surface area contributed by atoms with E-state index in [2.05, 4.69) is 14.9 Å². The molecule has 6 nitrogen and oxygen atoms in total. The van der Waals surface area contributed by atoms with Crippen LogP contribution in [0.5, 0.6) is 0 Å². The zero-order valence-electron chi connectivity index (χ0n) is 14.3. The van der Waals surface area contributed by atoms with Crippen molar-refractivity contribution in [1.82, 2.24) is 14.9 Å². The molecule has 1 aromatic carbocycles. The predicted molar refractivity (Wildman–Crippen MR) is 91.7 cm³/mol. The maximum Gasteiger partial charge on any atom is 0.256 e. The summed E-state index contributed by atoms with van der Waals surface area (Å²) in [7, 11) is 0. The fourth-order valence-corrected chi connectivity index (χ4v) is 2.92. The molecule has 2 heterocycles. The lowest BCUT2D eigenvalue weighted by molar-refractivity contribution is -0.140. The standard InChI is InChI=1S/C18H21FN4O2/c1-12-11-20-13(2)17(21-12)22-7-9-23(10-8-22)18(25)16(24)14-3-5-15(19)6-4-14/h3-6,11,16,24H,7-10H2,1-2H3. The number of benzene rings is 1. The van der Waals surface area contributed by atoms with Crippen molar-refractivity contribution in [3.8, 4) is 0 Å². The fraction of sp³-hybridized carbons (Fsp3) is 0.389. The van der Waals surface area contributed by atoms with Crippen LogP contribution in [-0.4, -0.2) is 52.1 Å². The number of carbonyl (C=O) groups excluding carboxylic acids is 1. The highest BCUT2D eigenvalue weighted by atomic mass is 19.1. The summed E-state index contributed by atoms with van der Waals surface area (Å²) in [6.07, 6.45) is 0.463. The number of carbonyl (C=O) groups is 1. The van der Waals surface area contributed by atoms with Gasteiger partial charge in [-0.1, -0.05) is 12.1 Å². The Morgan fingerprint density at radius 1 is 1.16 bits per heavy atom. The van der Waals surface area contributed by atoms with Gasteiger partial charge < -0.3 is 14.9 Å². The third-order valence-electron chi connectivity index (χ3n) is 4.36. The second-order valence-electron chi connectivity index (χ2n) is 6.19. The number of nitrogens with zero attached hydrogens (tertiary/aromatic N) is 4. The highest BCUT2D eigenvalue weighted by Gasteiger charge is 2.28. The van der Waals surface area contributed by atoms with Crippen LogP contribution in [0, 0.1) is 19.7 Å². The molecule has 0 saturated carbocycles. The number of hydrogen-bond donors (Lipinski definition) is 1. The molecule has 1 aromatic heterocycles. The van der Waals surface area contributed by atoms with Crippen molar-refractivity contribution in [2.24, 2.45) is 0 Å². The molecule has 1 saturated heterocycles. The molecule has 0 bridgehead atoms. The van der Waals surface area contributed by atoms with Crippen molar-refractivity contribution in [3.05, 3.63) is 53.2 Å². The monoisotopic (exact) mass is 344 g/mol. The van der Waals surface area contributed by atoms with Crippen LogP contribution in [0.25, 0.3) is 0 Å². The van der Waals surface area contributed by atoms with Gasteiger partial charge in [0.05, 0.1) is 11.4 Å². The van der Waals surface area contributed by atoms with Crippen molar-refractivity contribution in [2.75, 3.05) is 31.1 Å². The Balaban J connectivity index is 1.64. The van der Waals surface area contributed by atoms with Crippen molar-refractivity contribution in [3.63, 3.8) is 0 Å². The van der Waals surface area contributed by atoms with Crippen LogP contribution < -0.4 is 4.90 Å². The largest absolute Gasteiger partial charge is 0.378 e. The zero-order chi connectivity index (χ0) is 18.0. The third-order valence-corrected chi connectivity index (χ3v) is 4.36. The van der Waals surface area contributed by atoms with Gasteiger partial charge in [0, 0.05) is 32.4 Å². The number of rotatable bonds is 3. The summed E-state index contributed by atoms with van der Waals surface area (Å²) in [5, 5.41) is 10.2. The van der Waals surface area contributed by atoms with Crippen LogP contribution in [0.15, 0.2) is 30.5 Å². The van der Waals surface area contributed by atoms with Crippen LogP contribution in [-0.2, 0) is 4.79 Å². The van der Waals surface area contributed by atoms with Crippen LogP contribution in [0.3, 0.4) is 0 Å². The molecule has 7 heteroatoms. The summed E-state index contributed by atoms with van der Waals surface area (Å²) in [5.41, 5.74) is 2.11. The van der Waals surface area contributed by atoms with E-state index in [4.69, 9.17) is 0 Å². The average Bonchev–Trinajstić information content (AvgIpc) is 2.63. The number of aliphatic hydroxyl groups is 1. The number of hydrogen-bond acceptors (Lipinski definition) is 5. The lowest BCUT2D eigenvalue weighted by atomic mass is 10.1. The molecule has 0 radical (unpaired) electrons. The lowest BCUT2D eigenvalue weighted by Crippen LogP contribution is -2.50. The molecular formula is C18H21FN4O2. The van der Waals surface area contributed by atoms with E-state index in [0.717, 1.165) is 17.2 Å². The van der Waals surface area contributed by atoms with E-state index in [1.807, 2.05) is 13.8 Å². The minimum absolute atomic E-state index is 0.363. The number of aliphatic hydroxyl groups excluding tert-OH is 1. The number of aromatic nitrogens is 2. The summed E-state index contributed by atoms with van der Waals surface area (Å²) in [4.78, 5) is 25.1. The summed E-state index contributed by atoms with van der Waals surface area (Å²) in [6, 6.07) is 5.34. The van der Waals surface area contributed by atoms with Crippen LogP contribution >= 0.6 is 0 Å². The molecule has 1 fully saturated rings. The molecule has 1 atom stereocenters. The molecule has 1 aliphatic heterocycles. The zero-order valence-corrected chi connectivity index (χ0v) is 14.3. The topological polar surface area (TPSA) is 69.6 Å². The van der Waals surface area contributed by atoms with Gasteiger partial charge in [0.25, 0.3) is 5.91 Å². The summed E-state index contributed by atoms with van der Waals surface area (Å²) >= 11 is 0. The van der Waals surface area contributed by atoms with Gasteiger partial charge in [-0.2, -0.15) is 0 Å². The minimum Gasteiger partial charge on any atom is -0.378 e. The van der Waals surface area contributed by atoms with Gasteiger partial charge in [-0.05, 0) is 31.5 Å². The second kappa shape index (κ2) is 7.14. The van der Waals surface area contributed by atoms with Gasteiger partial charge in [0.1, 0.15) is 11.6 Å². The Labute approximate surface area is 145 Å². The summed E-state index contributed by atoms with van der Waals surface area (Å²) in [5.74, 6) is 0.0798. The van der Waals surface area contributed by atoms with Crippen LogP contribution in [0.2, 0.25) is 0 Å². The van der Waals surface area contributed by atoms with E-state index in [1.54, 1.807) is 11.1 Å². The molecule has 2 aromatic rings. The maximum absolute atomic E-state index is 13.0. The SMILES string of the molecule is Cc1cnc(C)c(N2CCN(C(=O)C(O)c3ccc(F)cc3)CC2)n1. The van der Waals surface area contributed by atoms with E-state index in [9.17, 15) is 14.3 Å². The smallest absolute Gasteiger partial charge is 0.256 e. The highest BCUT2D eigenvalue weighted by molar-refractivity contribution is 5.82. The fourth-order valence-electron chi connectivity index (χ4n) is 2.92. The highest BCUT2D eigenvalue weighted by Crippen LogP contribution is 2.20. The van der Waals surface area contributed by atoms with E-state index >= 15 is 0 Å². The van der Waals surface area contributed by atoms with Gasteiger partial charge in [0.2, 0.25) is 0 Å². The Morgan fingerprint density at radius 2 is 1.80 bits per heavy atom. The number of aryl methyl sites for hydroxylation is 2. The summed E-state index contributed by atoms with van der Waals surface area (Å²) < 4.78 is 13.0. The molecule has 3 rings (SSSR count). The molecule has 132 valence electrons. The molecule has 1 aliphatic rings. The van der Waals surface area contributed by atoms with Gasteiger partial charge >= 0.3 is 0 Å². The van der Waals surface area contributed by atoms with E-state index < -0.39 is 11.9 Å². The Morgan fingerprint density at radius 3 is 2.44 bits per heavy atom. The Bertz CT molecular complexity index is 758. The van der Waals surface area contributed by atoms with Crippen LogP contribution in [0.4, 0.5) is 10.2 Å². The summed E-state index contributed by atoms with van der Waals surface area (Å²) in [6.45, 7) is 6.05. The predicted octanol–water partition coefficient (Wildman–Crippen LogP) is 1.61. The van der Waals surface area contributed by atoms with Crippen molar-refractivity contribution >= 4 is 11.7 Å². The normalized spacial score (nSPS) is 16.0. The molecule has 0 aliphatic carbocycles. The number of halogens is 1. The van der Waals surface area contributed by atoms with E-state index in [1.165, 1.54) is 24.3 Å². The average molecular weight is 344 g/mol. The van der Waals surface area contributed by atoms with Gasteiger partial charge in [-0.15, -0.1) is 0 Å². The number of amides is 1. The molecular weight excluding hydrogens is 323 g/mol. The van der Waals surface area contributed by atoms with Gasteiger partial charge in [-0.25, -0.2) is 9.37 Å². The van der Waals surface area contributed by atoms with E-state index in [-0.39, 0.29) is 5.91 Å². The molecule has 25 heavy (non-hydrogen) atoms. The van der Waals surface area contributed by atoms with Crippen molar-refractivity contribution < 1.29 is 14.3 Å². The first-order valence-corrected chi connectivity index (χ1v) is 8.23. The molecule has 1 amide bonds. The van der Waals surface area contributed by atoms with Crippen molar-refractivity contribution in [2.45, 2.75) is 20.0 Å². The van der Waals surface area contributed by atoms with Crippen LogP contribution in [0.1, 0.15) is 23.1 Å². The quantitative estimate of drug-likeness (QED) is 0.916. The number of anilines is 1. The van der Waals surface area contributed by atoms with Gasteiger partial charge in [0.15, 0.2) is 6.10 Å². The molecule has 0 spiro atoms. The third kappa shape index (κ3) is 3.76.